The van der Waals surface area contributed by atoms with Crippen LogP contribution < -0.4 is 10.6 Å². The van der Waals surface area contributed by atoms with E-state index in [1.165, 1.54) is 0 Å². The molecule has 0 aliphatic heterocycles. The average Bonchev–Trinajstić information content (AvgIpc) is 2.68. The number of pyridine rings is 1. The molecule has 132 valence electrons. The Morgan fingerprint density at radius 3 is 2.69 bits per heavy atom. The summed E-state index contributed by atoms with van der Waals surface area (Å²) >= 11 is 0. The monoisotopic (exact) mass is 349 g/mol. The van der Waals surface area contributed by atoms with Crippen molar-refractivity contribution in [1.82, 2.24) is 15.0 Å². The molecule has 0 aliphatic rings. The van der Waals surface area contributed by atoms with Crippen LogP contribution in [0, 0.1) is 0 Å². The lowest BCUT2D eigenvalue weighted by Gasteiger charge is -2.09. The Labute approximate surface area is 151 Å². The highest BCUT2D eigenvalue weighted by atomic mass is 16.5. The molecular formula is C19H19N5O2. The molecule has 26 heavy (non-hydrogen) atoms. The van der Waals surface area contributed by atoms with E-state index in [1.54, 1.807) is 55.8 Å². The van der Waals surface area contributed by atoms with Gasteiger partial charge >= 0.3 is 5.97 Å². The number of anilines is 3. The second-order valence-corrected chi connectivity index (χ2v) is 5.40. The van der Waals surface area contributed by atoms with Crippen LogP contribution in [0.25, 0.3) is 0 Å². The van der Waals surface area contributed by atoms with Crippen molar-refractivity contribution in [2.45, 2.75) is 13.5 Å². The fourth-order valence-electron chi connectivity index (χ4n) is 2.25. The minimum Gasteiger partial charge on any atom is -0.462 e. The van der Waals surface area contributed by atoms with Crippen molar-refractivity contribution in [2.75, 3.05) is 17.2 Å². The largest absolute Gasteiger partial charge is 0.462 e. The number of nitrogens with zero attached hydrogens (tertiary/aromatic N) is 3. The molecule has 0 saturated heterocycles. The Hall–Kier alpha value is -3.48. The summed E-state index contributed by atoms with van der Waals surface area (Å²) in [5.41, 5.74) is 2.37. The molecular weight excluding hydrogens is 330 g/mol. The first-order valence-electron chi connectivity index (χ1n) is 8.24. The van der Waals surface area contributed by atoms with Crippen molar-refractivity contribution in [3.8, 4) is 0 Å². The number of esters is 1. The molecule has 0 unspecified atom stereocenters. The van der Waals surface area contributed by atoms with Crippen molar-refractivity contribution >= 4 is 23.4 Å². The zero-order valence-corrected chi connectivity index (χ0v) is 14.3. The van der Waals surface area contributed by atoms with Gasteiger partial charge in [0.15, 0.2) is 0 Å². The molecule has 3 rings (SSSR count). The summed E-state index contributed by atoms with van der Waals surface area (Å²) < 4.78 is 4.97. The van der Waals surface area contributed by atoms with E-state index >= 15 is 0 Å². The molecule has 0 aliphatic carbocycles. The highest BCUT2D eigenvalue weighted by Gasteiger charge is 2.06. The molecule has 7 heteroatoms. The third-order valence-corrected chi connectivity index (χ3v) is 3.50. The van der Waals surface area contributed by atoms with Crippen LogP contribution in [0.2, 0.25) is 0 Å². The van der Waals surface area contributed by atoms with E-state index in [0.29, 0.717) is 30.5 Å². The smallest absolute Gasteiger partial charge is 0.338 e. The zero-order chi connectivity index (χ0) is 18.2. The van der Waals surface area contributed by atoms with E-state index in [9.17, 15) is 4.79 Å². The maximum absolute atomic E-state index is 11.7. The van der Waals surface area contributed by atoms with Crippen molar-refractivity contribution in [3.63, 3.8) is 0 Å². The Kier molecular flexibility index (Phi) is 5.72. The fraction of sp³-hybridized carbons (Fsp3) is 0.158. The standard InChI is InChI=1S/C19H19N5O2/c1-2-26-18(25)15-5-7-16(8-6-15)23-17-9-11-21-19(24-17)22-13-14-4-3-10-20-12-14/h3-12H,2,13H2,1H3,(H2,21,22,23,24). The topological polar surface area (TPSA) is 89.0 Å². The number of hydrogen-bond acceptors (Lipinski definition) is 7. The summed E-state index contributed by atoms with van der Waals surface area (Å²) in [6.45, 7) is 2.73. The summed E-state index contributed by atoms with van der Waals surface area (Å²) in [7, 11) is 0. The fourth-order valence-corrected chi connectivity index (χ4v) is 2.25. The van der Waals surface area contributed by atoms with Crippen LogP contribution in [0.4, 0.5) is 17.5 Å². The van der Waals surface area contributed by atoms with Crippen LogP contribution in [-0.2, 0) is 11.3 Å². The molecule has 7 nitrogen and oxygen atoms in total. The van der Waals surface area contributed by atoms with Gasteiger partial charge in [-0.25, -0.2) is 9.78 Å². The van der Waals surface area contributed by atoms with Crippen molar-refractivity contribution < 1.29 is 9.53 Å². The van der Waals surface area contributed by atoms with Crippen molar-refractivity contribution in [1.29, 1.82) is 0 Å². The lowest BCUT2D eigenvalue weighted by molar-refractivity contribution is 0.0526. The number of carbonyl (C=O) groups is 1. The normalized spacial score (nSPS) is 10.2. The lowest BCUT2D eigenvalue weighted by Crippen LogP contribution is -2.06. The molecule has 0 bridgehead atoms. The van der Waals surface area contributed by atoms with E-state index < -0.39 is 0 Å². The summed E-state index contributed by atoms with van der Waals surface area (Å²) in [6.07, 6.45) is 5.20. The lowest BCUT2D eigenvalue weighted by atomic mass is 10.2. The second-order valence-electron chi connectivity index (χ2n) is 5.40. The number of carbonyl (C=O) groups excluding carboxylic acids is 1. The van der Waals surface area contributed by atoms with Crippen molar-refractivity contribution in [2.24, 2.45) is 0 Å². The third kappa shape index (κ3) is 4.76. The van der Waals surface area contributed by atoms with Gasteiger partial charge < -0.3 is 15.4 Å². The van der Waals surface area contributed by atoms with Gasteiger partial charge in [0.2, 0.25) is 5.95 Å². The van der Waals surface area contributed by atoms with Gasteiger partial charge in [0.25, 0.3) is 0 Å². The predicted octanol–water partition coefficient (Wildman–Crippen LogP) is 3.40. The van der Waals surface area contributed by atoms with Crippen molar-refractivity contribution in [3.05, 3.63) is 72.2 Å². The molecule has 2 aromatic heterocycles. The molecule has 0 atom stereocenters. The van der Waals surface area contributed by atoms with E-state index in [1.807, 2.05) is 12.1 Å². The number of ether oxygens (including phenoxy) is 1. The first-order chi connectivity index (χ1) is 12.7. The van der Waals surface area contributed by atoms with Gasteiger partial charge in [-0.05, 0) is 48.9 Å². The molecule has 0 saturated carbocycles. The van der Waals surface area contributed by atoms with Crippen LogP contribution >= 0.6 is 0 Å². The minimum atomic E-state index is -0.331. The second kappa shape index (κ2) is 8.57. The van der Waals surface area contributed by atoms with Gasteiger partial charge in [-0.15, -0.1) is 0 Å². The maximum Gasteiger partial charge on any atom is 0.338 e. The highest BCUT2D eigenvalue weighted by Crippen LogP contribution is 2.16. The minimum absolute atomic E-state index is 0.331. The first-order valence-corrected chi connectivity index (χ1v) is 8.24. The number of hydrogen-bond donors (Lipinski definition) is 2. The van der Waals surface area contributed by atoms with E-state index in [-0.39, 0.29) is 5.97 Å². The van der Waals surface area contributed by atoms with Gasteiger partial charge in [0.1, 0.15) is 5.82 Å². The van der Waals surface area contributed by atoms with E-state index in [2.05, 4.69) is 25.6 Å². The Morgan fingerprint density at radius 2 is 1.96 bits per heavy atom. The molecule has 0 spiro atoms. The number of aromatic nitrogens is 3. The summed E-state index contributed by atoms with van der Waals surface area (Å²) in [4.78, 5) is 24.4. The summed E-state index contributed by atoms with van der Waals surface area (Å²) in [6, 6.07) is 12.7. The van der Waals surface area contributed by atoms with E-state index in [0.717, 1.165) is 11.3 Å². The number of nitrogens with one attached hydrogen (secondary N) is 2. The van der Waals surface area contributed by atoms with Crippen LogP contribution in [0.1, 0.15) is 22.8 Å². The predicted molar refractivity (Wildman–Crippen MR) is 99.3 cm³/mol. The van der Waals surface area contributed by atoms with Crippen LogP contribution in [0.15, 0.2) is 61.1 Å². The molecule has 2 N–H and O–H groups in total. The third-order valence-electron chi connectivity index (χ3n) is 3.50. The Bertz CT molecular complexity index is 853. The van der Waals surface area contributed by atoms with Crippen LogP contribution in [0.5, 0.6) is 0 Å². The molecule has 0 radical (unpaired) electrons. The summed E-state index contributed by atoms with van der Waals surface area (Å²) in [5, 5.41) is 6.35. The molecule has 2 heterocycles. The average molecular weight is 349 g/mol. The Morgan fingerprint density at radius 1 is 1.12 bits per heavy atom. The molecule has 0 amide bonds. The quantitative estimate of drug-likeness (QED) is 0.632. The van der Waals surface area contributed by atoms with Gasteiger partial charge in [-0.3, -0.25) is 4.98 Å². The van der Waals surface area contributed by atoms with E-state index in [4.69, 9.17) is 4.74 Å². The first kappa shape index (κ1) is 17.3. The molecule has 3 aromatic rings. The van der Waals surface area contributed by atoms with Gasteiger partial charge in [-0.1, -0.05) is 6.07 Å². The van der Waals surface area contributed by atoms with Gasteiger partial charge in [-0.2, -0.15) is 4.98 Å². The summed E-state index contributed by atoms with van der Waals surface area (Å²) in [5.74, 6) is 0.836. The highest BCUT2D eigenvalue weighted by molar-refractivity contribution is 5.89. The van der Waals surface area contributed by atoms with Crippen LogP contribution in [0.3, 0.4) is 0 Å². The maximum atomic E-state index is 11.7. The van der Waals surface area contributed by atoms with Crippen LogP contribution in [-0.4, -0.2) is 27.5 Å². The van der Waals surface area contributed by atoms with Gasteiger partial charge in [0, 0.05) is 30.8 Å². The Balaban J connectivity index is 1.62. The number of rotatable bonds is 7. The zero-order valence-electron chi connectivity index (χ0n) is 14.3. The molecule has 0 fully saturated rings. The van der Waals surface area contributed by atoms with Gasteiger partial charge in [0.05, 0.1) is 12.2 Å². The SMILES string of the molecule is CCOC(=O)c1ccc(Nc2ccnc(NCc3cccnc3)n2)cc1. The molecule has 1 aromatic carbocycles. The number of benzene rings is 1.